The lowest BCUT2D eigenvalue weighted by molar-refractivity contribution is -0.384. The van der Waals surface area contributed by atoms with Crippen LogP contribution in [0.25, 0.3) is 0 Å². The van der Waals surface area contributed by atoms with Gasteiger partial charge in [-0.2, -0.15) is 0 Å². The van der Waals surface area contributed by atoms with E-state index in [-0.39, 0.29) is 18.0 Å². The van der Waals surface area contributed by atoms with Crippen LogP contribution in [0.3, 0.4) is 0 Å². The van der Waals surface area contributed by atoms with Crippen LogP contribution in [0, 0.1) is 10.1 Å². The third kappa shape index (κ3) is 3.93. The number of nitro benzene ring substituents is 1. The van der Waals surface area contributed by atoms with Crippen molar-refractivity contribution >= 4 is 17.3 Å². The highest BCUT2D eigenvalue weighted by Crippen LogP contribution is 2.33. The Morgan fingerprint density at radius 3 is 2.59 bits per heavy atom. The summed E-state index contributed by atoms with van der Waals surface area (Å²) in [6.45, 7) is 3.72. The fraction of sp³-hybridized carbons (Fsp3) is 0.316. The van der Waals surface area contributed by atoms with Crippen LogP contribution in [0.1, 0.15) is 15.9 Å². The second-order valence-corrected chi connectivity index (χ2v) is 6.85. The van der Waals surface area contributed by atoms with Gasteiger partial charge in [-0.3, -0.25) is 25.0 Å². The fourth-order valence-corrected chi connectivity index (χ4v) is 3.59. The quantitative estimate of drug-likeness (QED) is 0.443. The second-order valence-electron chi connectivity index (χ2n) is 6.85. The number of fused-ring (bicyclic) bond motifs is 1. The summed E-state index contributed by atoms with van der Waals surface area (Å²) in [5, 5.41) is 20.2. The van der Waals surface area contributed by atoms with Gasteiger partial charge in [0.25, 0.3) is 11.6 Å². The predicted octanol–water partition coefficient (Wildman–Crippen LogP) is 1.76. The van der Waals surface area contributed by atoms with E-state index in [9.17, 15) is 14.9 Å². The first-order chi connectivity index (χ1) is 14.0. The Kier molecular flexibility index (Phi) is 5.19. The van der Waals surface area contributed by atoms with Gasteiger partial charge in [0.1, 0.15) is 5.69 Å². The summed E-state index contributed by atoms with van der Waals surface area (Å²) in [6, 6.07) is 10.1. The molecule has 2 aliphatic rings. The van der Waals surface area contributed by atoms with Crippen molar-refractivity contribution in [3.63, 3.8) is 0 Å². The van der Waals surface area contributed by atoms with E-state index in [0.717, 1.165) is 36.7 Å². The normalized spacial score (nSPS) is 16.0. The largest absolute Gasteiger partial charge is 0.454 e. The molecule has 0 unspecified atom stereocenters. The average molecular weight is 400 g/mol. The molecule has 2 aliphatic heterocycles. The van der Waals surface area contributed by atoms with Crippen molar-refractivity contribution in [3.8, 4) is 11.5 Å². The number of carbonyl (C=O) groups is 1. The molecule has 2 heterocycles. The van der Waals surface area contributed by atoms with Crippen molar-refractivity contribution in [2.24, 2.45) is 0 Å². The van der Waals surface area contributed by atoms with Crippen molar-refractivity contribution in [1.29, 1.82) is 0 Å². The maximum atomic E-state index is 11.5. The first-order valence-electron chi connectivity index (χ1n) is 9.14. The number of benzene rings is 2. The third-order valence-corrected chi connectivity index (χ3v) is 5.09. The Hall–Kier alpha value is -3.37. The van der Waals surface area contributed by atoms with Gasteiger partial charge in [-0.15, -0.1) is 0 Å². The molecule has 0 aromatic heterocycles. The van der Waals surface area contributed by atoms with E-state index >= 15 is 0 Å². The van der Waals surface area contributed by atoms with Crippen LogP contribution >= 0.6 is 0 Å². The minimum Gasteiger partial charge on any atom is -0.454 e. The summed E-state index contributed by atoms with van der Waals surface area (Å²) in [6.07, 6.45) is 0. The molecule has 0 aliphatic carbocycles. The zero-order valence-corrected chi connectivity index (χ0v) is 15.5. The highest BCUT2D eigenvalue weighted by atomic mass is 16.7. The van der Waals surface area contributed by atoms with Crippen LogP contribution in [-0.2, 0) is 6.54 Å². The summed E-state index contributed by atoms with van der Waals surface area (Å²) < 4.78 is 10.7. The van der Waals surface area contributed by atoms with Gasteiger partial charge in [-0.25, -0.2) is 5.48 Å². The van der Waals surface area contributed by atoms with Gasteiger partial charge in [-0.05, 0) is 29.8 Å². The molecule has 0 radical (unpaired) electrons. The Morgan fingerprint density at radius 2 is 1.86 bits per heavy atom. The number of ether oxygens (including phenoxy) is 2. The summed E-state index contributed by atoms with van der Waals surface area (Å²) >= 11 is 0. The highest BCUT2D eigenvalue weighted by Gasteiger charge is 2.25. The summed E-state index contributed by atoms with van der Waals surface area (Å²) in [7, 11) is 0. The van der Waals surface area contributed by atoms with E-state index in [4.69, 9.17) is 14.7 Å². The monoisotopic (exact) mass is 400 g/mol. The molecule has 2 aromatic rings. The number of hydrogen-bond donors (Lipinski definition) is 2. The van der Waals surface area contributed by atoms with Crippen LogP contribution in [0.2, 0.25) is 0 Å². The third-order valence-electron chi connectivity index (χ3n) is 5.09. The topological polar surface area (TPSA) is 117 Å². The van der Waals surface area contributed by atoms with E-state index in [1.807, 2.05) is 23.1 Å². The molecular weight excluding hydrogens is 380 g/mol. The van der Waals surface area contributed by atoms with Crippen molar-refractivity contribution < 1.29 is 24.4 Å². The van der Waals surface area contributed by atoms with E-state index in [1.165, 1.54) is 17.6 Å². The molecule has 0 spiro atoms. The van der Waals surface area contributed by atoms with Gasteiger partial charge >= 0.3 is 0 Å². The Morgan fingerprint density at radius 1 is 1.10 bits per heavy atom. The molecule has 10 heteroatoms. The number of piperazine rings is 1. The standard InChI is InChI=1S/C19H20N4O6/c24-19(20-25)14-2-3-15(16(10-14)23(26)27)22-7-5-21(6-8-22)11-13-1-4-17-18(9-13)29-12-28-17/h1-4,9-10,25H,5-8,11-12H2,(H,20,24). The van der Waals surface area contributed by atoms with Gasteiger partial charge in [0, 0.05) is 44.4 Å². The van der Waals surface area contributed by atoms with Crippen molar-refractivity contribution in [2.75, 3.05) is 37.9 Å². The van der Waals surface area contributed by atoms with E-state index < -0.39 is 10.8 Å². The Balaban J connectivity index is 1.43. The zero-order chi connectivity index (χ0) is 20.4. The SMILES string of the molecule is O=C(NO)c1ccc(N2CCN(Cc3ccc4c(c3)OCO4)CC2)c([N+](=O)[O-])c1. The van der Waals surface area contributed by atoms with Gasteiger partial charge < -0.3 is 14.4 Å². The van der Waals surface area contributed by atoms with Gasteiger partial charge in [-0.1, -0.05) is 6.07 Å². The fourth-order valence-electron chi connectivity index (χ4n) is 3.59. The van der Waals surface area contributed by atoms with Crippen LogP contribution in [0.4, 0.5) is 11.4 Å². The second kappa shape index (κ2) is 7.94. The van der Waals surface area contributed by atoms with Crippen molar-refractivity contribution in [1.82, 2.24) is 10.4 Å². The number of nitrogens with zero attached hydrogens (tertiary/aromatic N) is 3. The predicted molar refractivity (Wildman–Crippen MR) is 102 cm³/mol. The first kappa shape index (κ1) is 19.0. The molecule has 2 aromatic carbocycles. The Bertz CT molecular complexity index is 942. The first-order valence-corrected chi connectivity index (χ1v) is 9.14. The number of rotatable bonds is 5. The minimum atomic E-state index is -0.784. The number of nitrogens with one attached hydrogen (secondary N) is 1. The van der Waals surface area contributed by atoms with Gasteiger partial charge in [0.2, 0.25) is 6.79 Å². The highest BCUT2D eigenvalue weighted by molar-refractivity contribution is 5.95. The molecular formula is C19H20N4O6. The molecule has 1 fully saturated rings. The summed E-state index contributed by atoms with van der Waals surface area (Å²) in [4.78, 5) is 26.7. The number of nitro groups is 1. The van der Waals surface area contributed by atoms with E-state index in [1.54, 1.807) is 6.07 Å². The zero-order valence-electron chi connectivity index (χ0n) is 15.5. The van der Waals surface area contributed by atoms with Gasteiger partial charge in [0.15, 0.2) is 11.5 Å². The van der Waals surface area contributed by atoms with Crippen LogP contribution < -0.4 is 19.9 Å². The van der Waals surface area contributed by atoms with E-state index in [0.29, 0.717) is 18.8 Å². The maximum absolute atomic E-state index is 11.5. The molecule has 10 nitrogen and oxygen atoms in total. The smallest absolute Gasteiger partial charge is 0.293 e. The molecule has 29 heavy (non-hydrogen) atoms. The lowest BCUT2D eigenvalue weighted by atomic mass is 10.1. The van der Waals surface area contributed by atoms with Crippen molar-refractivity contribution in [2.45, 2.75) is 6.54 Å². The number of amides is 1. The number of carbonyl (C=O) groups excluding carboxylic acids is 1. The van der Waals surface area contributed by atoms with E-state index in [2.05, 4.69) is 4.90 Å². The summed E-state index contributed by atoms with van der Waals surface area (Å²) in [5.41, 5.74) is 2.95. The lowest BCUT2D eigenvalue weighted by Gasteiger charge is -2.35. The molecule has 1 saturated heterocycles. The average Bonchev–Trinajstić information content (AvgIpc) is 3.21. The van der Waals surface area contributed by atoms with Crippen LogP contribution in [0.15, 0.2) is 36.4 Å². The number of hydroxylamine groups is 1. The number of hydrogen-bond acceptors (Lipinski definition) is 8. The minimum absolute atomic E-state index is 0.0318. The molecule has 2 N–H and O–H groups in total. The molecule has 1 amide bonds. The lowest BCUT2D eigenvalue weighted by Crippen LogP contribution is -2.46. The molecule has 0 bridgehead atoms. The maximum Gasteiger partial charge on any atom is 0.293 e. The van der Waals surface area contributed by atoms with Crippen LogP contribution in [0.5, 0.6) is 11.5 Å². The Labute approximate surface area is 166 Å². The van der Waals surface area contributed by atoms with Gasteiger partial charge in [0.05, 0.1) is 4.92 Å². The molecule has 0 saturated carbocycles. The summed E-state index contributed by atoms with van der Waals surface area (Å²) in [5.74, 6) is 0.723. The molecule has 4 rings (SSSR count). The number of anilines is 1. The van der Waals surface area contributed by atoms with Crippen LogP contribution in [-0.4, -0.2) is 53.9 Å². The van der Waals surface area contributed by atoms with Crippen molar-refractivity contribution in [3.05, 3.63) is 57.6 Å². The molecule has 152 valence electrons. The molecule has 0 atom stereocenters.